The smallest absolute Gasteiger partial charge is 0.329 e. The fourth-order valence-corrected chi connectivity index (χ4v) is 3.01. The molecule has 0 radical (unpaired) electrons. The first kappa shape index (κ1) is 25.0. The van der Waals surface area contributed by atoms with Crippen molar-refractivity contribution in [2.24, 2.45) is 5.10 Å². The summed E-state index contributed by atoms with van der Waals surface area (Å²) >= 11 is 0. The number of methoxy groups -OCH3 is 1. The number of carbonyl (C=O) groups is 3. The van der Waals surface area contributed by atoms with E-state index >= 15 is 0 Å². The van der Waals surface area contributed by atoms with Gasteiger partial charge >= 0.3 is 11.8 Å². The van der Waals surface area contributed by atoms with Crippen LogP contribution in [-0.2, 0) is 20.8 Å². The van der Waals surface area contributed by atoms with Crippen molar-refractivity contribution < 1.29 is 23.9 Å². The van der Waals surface area contributed by atoms with Gasteiger partial charge in [-0.2, -0.15) is 5.10 Å². The highest BCUT2D eigenvalue weighted by Gasteiger charge is 2.13. The molecule has 0 bridgehead atoms. The zero-order chi connectivity index (χ0) is 25.0. The molecule has 0 spiro atoms. The van der Waals surface area contributed by atoms with Crippen LogP contribution < -0.4 is 25.5 Å². The SMILES string of the molecule is CCc1ccccc1NC(=O)COc1ccc(/C=N\NC(=O)C(=O)Nc2ccc(OC)cc2)cc1. The van der Waals surface area contributed by atoms with E-state index in [1.54, 1.807) is 48.5 Å². The molecule has 0 aliphatic heterocycles. The van der Waals surface area contributed by atoms with E-state index in [1.165, 1.54) is 13.3 Å². The van der Waals surface area contributed by atoms with Gasteiger partial charge in [-0.15, -0.1) is 0 Å². The number of hydrogen-bond donors (Lipinski definition) is 3. The van der Waals surface area contributed by atoms with E-state index in [0.29, 0.717) is 22.7 Å². The molecule has 3 aromatic rings. The van der Waals surface area contributed by atoms with Crippen molar-refractivity contribution in [1.29, 1.82) is 0 Å². The van der Waals surface area contributed by atoms with Gasteiger partial charge in [-0.3, -0.25) is 14.4 Å². The van der Waals surface area contributed by atoms with E-state index in [9.17, 15) is 14.4 Å². The topological polar surface area (TPSA) is 118 Å². The molecule has 3 amide bonds. The molecule has 0 aliphatic rings. The Hall–Kier alpha value is -4.66. The van der Waals surface area contributed by atoms with E-state index < -0.39 is 11.8 Å². The molecule has 0 heterocycles. The third-order valence-electron chi connectivity index (χ3n) is 4.86. The Morgan fingerprint density at radius 2 is 1.54 bits per heavy atom. The van der Waals surface area contributed by atoms with Gasteiger partial charge in [0.15, 0.2) is 6.61 Å². The molecule has 0 aliphatic carbocycles. The van der Waals surface area contributed by atoms with Crippen molar-refractivity contribution in [2.45, 2.75) is 13.3 Å². The van der Waals surface area contributed by atoms with Gasteiger partial charge in [-0.1, -0.05) is 25.1 Å². The van der Waals surface area contributed by atoms with Crippen LogP contribution in [-0.4, -0.2) is 37.7 Å². The number of nitrogens with zero attached hydrogens (tertiary/aromatic N) is 1. The number of nitrogens with one attached hydrogen (secondary N) is 3. The minimum Gasteiger partial charge on any atom is -0.497 e. The quantitative estimate of drug-likeness (QED) is 0.250. The first-order valence-corrected chi connectivity index (χ1v) is 10.9. The third-order valence-corrected chi connectivity index (χ3v) is 4.86. The van der Waals surface area contributed by atoms with Crippen molar-refractivity contribution in [2.75, 3.05) is 24.4 Å². The number of rotatable bonds is 9. The van der Waals surface area contributed by atoms with Gasteiger partial charge in [0, 0.05) is 11.4 Å². The van der Waals surface area contributed by atoms with Crippen molar-refractivity contribution in [3.05, 3.63) is 83.9 Å². The predicted molar refractivity (Wildman–Crippen MR) is 134 cm³/mol. The van der Waals surface area contributed by atoms with Crippen LogP contribution in [0.5, 0.6) is 11.5 Å². The molecular weight excluding hydrogens is 448 g/mol. The van der Waals surface area contributed by atoms with Crippen LogP contribution in [0.4, 0.5) is 11.4 Å². The molecule has 9 nitrogen and oxygen atoms in total. The molecule has 0 saturated carbocycles. The summed E-state index contributed by atoms with van der Waals surface area (Å²) in [6, 6.07) is 20.9. The zero-order valence-electron chi connectivity index (χ0n) is 19.4. The summed E-state index contributed by atoms with van der Waals surface area (Å²) in [4.78, 5) is 36.1. The molecule has 0 aromatic heterocycles. The van der Waals surface area contributed by atoms with Crippen LogP contribution in [0.1, 0.15) is 18.1 Å². The summed E-state index contributed by atoms with van der Waals surface area (Å²) in [5.74, 6) is -0.880. The van der Waals surface area contributed by atoms with Gasteiger partial charge in [-0.05, 0) is 72.1 Å². The fourth-order valence-electron chi connectivity index (χ4n) is 3.01. The molecule has 3 N–H and O–H groups in total. The molecule has 0 atom stereocenters. The maximum absolute atomic E-state index is 12.2. The molecule has 0 fully saturated rings. The molecule has 3 aromatic carbocycles. The van der Waals surface area contributed by atoms with Crippen LogP contribution in [0.25, 0.3) is 0 Å². The Balaban J connectivity index is 1.43. The van der Waals surface area contributed by atoms with Gasteiger partial charge < -0.3 is 20.1 Å². The standard InChI is InChI=1S/C26H26N4O5/c1-3-19-6-4-5-7-23(19)29-24(31)17-35-22-12-8-18(9-13-22)16-27-30-26(33)25(32)28-20-10-14-21(34-2)15-11-20/h4-16H,3,17H2,1-2H3,(H,28,32)(H,29,31)(H,30,33)/b27-16-. The van der Waals surface area contributed by atoms with E-state index in [4.69, 9.17) is 9.47 Å². The molecule has 3 rings (SSSR count). The maximum Gasteiger partial charge on any atom is 0.329 e. The summed E-state index contributed by atoms with van der Waals surface area (Å²) in [5.41, 5.74) is 5.11. The van der Waals surface area contributed by atoms with Gasteiger partial charge in [0.05, 0.1) is 13.3 Å². The van der Waals surface area contributed by atoms with E-state index in [-0.39, 0.29) is 12.5 Å². The average Bonchev–Trinajstić information content (AvgIpc) is 2.89. The lowest BCUT2D eigenvalue weighted by molar-refractivity contribution is -0.136. The second-order valence-corrected chi connectivity index (χ2v) is 7.30. The number of ether oxygens (including phenoxy) is 2. The van der Waals surface area contributed by atoms with Gasteiger partial charge in [0.1, 0.15) is 11.5 Å². The van der Waals surface area contributed by atoms with Crippen LogP contribution in [0.3, 0.4) is 0 Å². The Kier molecular flexibility index (Phi) is 8.95. The Morgan fingerprint density at radius 3 is 2.23 bits per heavy atom. The fraction of sp³-hybridized carbons (Fsp3) is 0.154. The minimum absolute atomic E-state index is 0.134. The average molecular weight is 475 g/mol. The van der Waals surface area contributed by atoms with Gasteiger partial charge in [0.2, 0.25) is 0 Å². The number of para-hydroxylation sites is 1. The van der Waals surface area contributed by atoms with Gasteiger partial charge in [-0.25, -0.2) is 5.43 Å². The van der Waals surface area contributed by atoms with Crippen molar-refractivity contribution in [3.8, 4) is 11.5 Å². The summed E-state index contributed by atoms with van der Waals surface area (Å²) in [7, 11) is 1.53. The van der Waals surface area contributed by atoms with Crippen LogP contribution >= 0.6 is 0 Å². The number of hydrogen-bond acceptors (Lipinski definition) is 6. The van der Waals surface area contributed by atoms with Gasteiger partial charge in [0.25, 0.3) is 5.91 Å². The second-order valence-electron chi connectivity index (χ2n) is 7.30. The summed E-state index contributed by atoms with van der Waals surface area (Å²) in [5, 5.41) is 9.10. The van der Waals surface area contributed by atoms with Crippen LogP contribution in [0, 0.1) is 0 Å². The van der Waals surface area contributed by atoms with E-state index in [1.807, 2.05) is 31.2 Å². The number of amides is 3. The summed E-state index contributed by atoms with van der Waals surface area (Å²) in [6.45, 7) is 1.89. The van der Waals surface area contributed by atoms with Crippen LogP contribution in [0.2, 0.25) is 0 Å². The molecule has 0 unspecified atom stereocenters. The Bertz CT molecular complexity index is 1190. The highest BCUT2D eigenvalue weighted by atomic mass is 16.5. The van der Waals surface area contributed by atoms with E-state index in [2.05, 4.69) is 21.2 Å². The largest absolute Gasteiger partial charge is 0.497 e. The molecule has 180 valence electrons. The molecule has 35 heavy (non-hydrogen) atoms. The number of hydrazone groups is 1. The lowest BCUT2D eigenvalue weighted by atomic mass is 10.1. The third kappa shape index (κ3) is 7.71. The lowest BCUT2D eigenvalue weighted by Gasteiger charge is -2.10. The van der Waals surface area contributed by atoms with E-state index in [0.717, 1.165) is 17.7 Å². The van der Waals surface area contributed by atoms with Crippen LogP contribution in [0.15, 0.2) is 77.9 Å². The molecular formula is C26H26N4O5. The number of benzene rings is 3. The second kappa shape index (κ2) is 12.5. The maximum atomic E-state index is 12.2. The minimum atomic E-state index is -0.910. The number of aryl methyl sites for hydroxylation is 1. The summed E-state index contributed by atoms with van der Waals surface area (Å²) < 4.78 is 10.6. The molecule has 0 saturated heterocycles. The monoisotopic (exact) mass is 474 g/mol. The Morgan fingerprint density at radius 1 is 0.857 bits per heavy atom. The highest BCUT2D eigenvalue weighted by Crippen LogP contribution is 2.16. The molecule has 9 heteroatoms. The summed E-state index contributed by atoms with van der Waals surface area (Å²) in [6.07, 6.45) is 2.20. The first-order chi connectivity index (χ1) is 17.0. The predicted octanol–water partition coefficient (Wildman–Crippen LogP) is 3.36. The normalized spacial score (nSPS) is 10.5. The first-order valence-electron chi connectivity index (χ1n) is 10.9. The number of anilines is 2. The zero-order valence-corrected chi connectivity index (χ0v) is 19.4. The number of carbonyl (C=O) groups excluding carboxylic acids is 3. The van der Waals surface area contributed by atoms with Crippen molar-refractivity contribution in [3.63, 3.8) is 0 Å². The lowest BCUT2D eigenvalue weighted by Crippen LogP contribution is -2.32. The van der Waals surface area contributed by atoms with Crippen molar-refractivity contribution >= 4 is 35.3 Å². The highest BCUT2D eigenvalue weighted by molar-refractivity contribution is 6.39. The Labute approximate surface area is 203 Å². The van der Waals surface area contributed by atoms with Crippen molar-refractivity contribution in [1.82, 2.24) is 5.43 Å².